The zero-order valence-electron chi connectivity index (χ0n) is 13.0. The number of hydrogen-bond acceptors (Lipinski definition) is 3. The van der Waals surface area contributed by atoms with Crippen molar-refractivity contribution in [1.29, 1.82) is 0 Å². The lowest BCUT2D eigenvalue weighted by Crippen LogP contribution is -2.40. The van der Waals surface area contributed by atoms with Crippen LogP contribution in [0.15, 0.2) is 29.2 Å². The minimum Gasteiger partial charge on any atom is -0.355 e. The molecule has 22 heavy (non-hydrogen) atoms. The van der Waals surface area contributed by atoms with E-state index in [9.17, 15) is 13.2 Å². The first-order valence-electron chi connectivity index (χ1n) is 7.44. The Morgan fingerprint density at radius 1 is 1.18 bits per heavy atom. The lowest BCUT2D eigenvalue weighted by atomic mass is 10.2. The summed E-state index contributed by atoms with van der Waals surface area (Å²) in [7, 11) is -3.68. The Kier molecular flexibility index (Phi) is 7.85. The smallest absolute Gasteiger partial charge is 0.243 e. The van der Waals surface area contributed by atoms with Crippen molar-refractivity contribution in [3.8, 4) is 0 Å². The van der Waals surface area contributed by atoms with Crippen LogP contribution in [-0.2, 0) is 14.8 Å². The predicted octanol–water partition coefficient (Wildman–Crippen LogP) is 2.66. The highest BCUT2D eigenvalue weighted by Crippen LogP contribution is 2.18. The van der Waals surface area contributed by atoms with E-state index < -0.39 is 10.0 Å². The number of carbonyl (C=O) groups is 1. The second kappa shape index (κ2) is 9.12. The van der Waals surface area contributed by atoms with Crippen molar-refractivity contribution >= 4 is 27.5 Å². The molecule has 0 saturated carbocycles. The van der Waals surface area contributed by atoms with Crippen LogP contribution >= 0.6 is 11.6 Å². The van der Waals surface area contributed by atoms with Gasteiger partial charge in [-0.3, -0.25) is 4.79 Å². The molecule has 0 aliphatic carbocycles. The Bertz CT molecular complexity index is 573. The quantitative estimate of drug-likeness (QED) is 0.699. The molecule has 0 radical (unpaired) electrons. The molecule has 0 atom stereocenters. The summed E-state index contributed by atoms with van der Waals surface area (Å²) in [6, 6.07) is 5.93. The fourth-order valence-corrected chi connectivity index (χ4v) is 3.47. The van der Waals surface area contributed by atoms with Crippen molar-refractivity contribution in [1.82, 2.24) is 9.62 Å². The molecule has 1 aromatic carbocycles. The maximum Gasteiger partial charge on any atom is 0.243 e. The topological polar surface area (TPSA) is 66.5 Å². The van der Waals surface area contributed by atoms with Gasteiger partial charge in [0, 0.05) is 18.1 Å². The van der Waals surface area contributed by atoms with E-state index in [0.717, 1.165) is 23.6 Å². The third-order valence-electron chi connectivity index (χ3n) is 3.23. The molecule has 0 heterocycles. The number of sulfonamides is 1. The summed E-state index contributed by atoms with van der Waals surface area (Å²) < 4.78 is 26.1. The summed E-state index contributed by atoms with van der Waals surface area (Å²) in [5, 5.41) is 3.22. The van der Waals surface area contributed by atoms with Gasteiger partial charge in [0.1, 0.15) is 0 Å². The number of nitrogens with one attached hydrogen (secondary N) is 1. The van der Waals surface area contributed by atoms with Gasteiger partial charge in [0.2, 0.25) is 15.9 Å². The fourth-order valence-electron chi connectivity index (χ4n) is 1.94. The first-order valence-corrected chi connectivity index (χ1v) is 9.26. The van der Waals surface area contributed by atoms with Gasteiger partial charge in [-0.15, -0.1) is 0 Å². The Morgan fingerprint density at radius 2 is 1.82 bits per heavy atom. The number of rotatable bonds is 9. The van der Waals surface area contributed by atoms with E-state index in [-0.39, 0.29) is 23.9 Å². The van der Waals surface area contributed by atoms with E-state index in [2.05, 4.69) is 12.2 Å². The van der Waals surface area contributed by atoms with Gasteiger partial charge in [-0.25, -0.2) is 8.42 Å². The van der Waals surface area contributed by atoms with E-state index >= 15 is 0 Å². The van der Waals surface area contributed by atoms with Gasteiger partial charge < -0.3 is 5.32 Å². The summed E-state index contributed by atoms with van der Waals surface area (Å²) in [5.74, 6) is -0.282. The Balaban J connectivity index is 2.69. The molecule has 1 amide bonds. The average Bonchev–Trinajstić information content (AvgIpc) is 2.49. The molecule has 5 nitrogen and oxygen atoms in total. The van der Waals surface area contributed by atoms with Crippen LogP contribution in [-0.4, -0.2) is 38.3 Å². The molecule has 1 N–H and O–H groups in total. The van der Waals surface area contributed by atoms with Crippen molar-refractivity contribution < 1.29 is 13.2 Å². The molecule has 1 rings (SSSR count). The molecule has 0 aliphatic heterocycles. The molecule has 7 heteroatoms. The van der Waals surface area contributed by atoms with Gasteiger partial charge >= 0.3 is 0 Å². The lowest BCUT2D eigenvalue weighted by molar-refractivity contribution is -0.121. The van der Waals surface area contributed by atoms with Gasteiger partial charge in [-0.05, 0) is 30.7 Å². The highest BCUT2D eigenvalue weighted by molar-refractivity contribution is 7.89. The van der Waals surface area contributed by atoms with E-state index in [1.54, 1.807) is 6.92 Å². The van der Waals surface area contributed by atoms with Crippen LogP contribution in [0.1, 0.15) is 33.1 Å². The monoisotopic (exact) mass is 346 g/mol. The van der Waals surface area contributed by atoms with Crippen LogP contribution in [0.25, 0.3) is 0 Å². The first kappa shape index (κ1) is 18.9. The third kappa shape index (κ3) is 5.59. The Hall–Kier alpha value is -1.11. The van der Waals surface area contributed by atoms with Crippen molar-refractivity contribution in [2.24, 2.45) is 0 Å². The first-order chi connectivity index (χ1) is 10.4. The van der Waals surface area contributed by atoms with Gasteiger partial charge in [0.25, 0.3) is 0 Å². The molecule has 0 fully saturated rings. The summed E-state index contributed by atoms with van der Waals surface area (Å²) in [6.45, 7) is 4.42. The molecule has 0 bridgehead atoms. The van der Waals surface area contributed by atoms with Crippen LogP contribution < -0.4 is 5.32 Å². The molecule has 124 valence electrons. The second-order valence-corrected chi connectivity index (χ2v) is 7.32. The summed E-state index contributed by atoms with van der Waals surface area (Å²) in [4.78, 5) is 12.0. The van der Waals surface area contributed by atoms with E-state index in [1.165, 1.54) is 24.3 Å². The normalized spacial score (nSPS) is 11.6. The molecule has 1 aromatic rings. The van der Waals surface area contributed by atoms with Gasteiger partial charge in [-0.2, -0.15) is 4.31 Å². The lowest BCUT2D eigenvalue weighted by Gasteiger charge is -2.20. The number of halogens is 1. The van der Waals surface area contributed by atoms with Crippen molar-refractivity contribution in [2.75, 3.05) is 19.6 Å². The SMILES string of the molecule is CCCCCNC(=O)CN(CC)S(=O)(=O)c1ccc(Cl)cc1. The predicted molar refractivity (Wildman–Crippen MR) is 88.4 cm³/mol. The number of hydrogen-bond donors (Lipinski definition) is 1. The van der Waals surface area contributed by atoms with E-state index in [1.807, 2.05) is 0 Å². The zero-order valence-corrected chi connectivity index (χ0v) is 14.6. The minimum atomic E-state index is -3.68. The van der Waals surface area contributed by atoms with Crippen LogP contribution in [0.4, 0.5) is 0 Å². The summed E-state index contributed by atoms with van der Waals surface area (Å²) in [5.41, 5.74) is 0. The van der Waals surface area contributed by atoms with Crippen molar-refractivity contribution in [2.45, 2.75) is 38.0 Å². The number of benzene rings is 1. The number of amides is 1. The van der Waals surface area contributed by atoms with Gasteiger partial charge in [-0.1, -0.05) is 38.3 Å². The molecule has 0 unspecified atom stereocenters. The summed E-state index contributed by atoms with van der Waals surface area (Å²) >= 11 is 5.77. The highest BCUT2D eigenvalue weighted by atomic mass is 35.5. The molecular weight excluding hydrogens is 324 g/mol. The van der Waals surface area contributed by atoms with Crippen LogP contribution in [0, 0.1) is 0 Å². The molecule has 0 aromatic heterocycles. The second-order valence-electron chi connectivity index (χ2n) is 4.94. The minimum absolute atomic E-state index is 0.137. The van der Waals surface area contributed by atoms with Gasteiger partial charge in [0.15, 0.2) is 0 Å². The number of likely N-dealkylation sites (N-methyl/N-ethyl adjacent to an activating group) is 1. The van der Waals surface area contributed by atoms with Crippen molar-refractivity contribution in [3.05, 3.63) is 29.3 Å². The third-order valence-corrected chi connectivity index (χ3v) is 5.41. The largest absolute Gasteiger partial charge is 0.355 e. The number of carbonyl (C=O) groups excluding carboxylic acids is 1. The molecular formula is C15H23ClN2O3S. The summed E-state index contributed by atoms with van der Waals surface area (Å²) in [6.07, 6.45) is 3.01. The Labute approximate surface area is 137 Å². The highest BCUT2D eigenvalue weighted by Gasteiger charge is 2.24. The molecule has 0 spiro atoms. The van der Waals surface area contributed by atoms with Gasteiger partial charge in [0.05, 0.1) is 11.4 Å². The fraction of sp³-hybridized carbons (Fsp3) is 0.533. The van der Waals surface area contributed by atoms with Crippen LogP contribution in [0.5, 0.6) is 0 Å². The standard InChI is InChI=1S/C15H23ClN2O3S/c1-3-5-6-11-17-15(19)12-18(4-2)22(20,21)14-9-7-13(16)8-10-14/h7-10H,3-6,11-12H2,1-2H3,(H,17,19). The molecule has 0 saturated heterocycles. The number of nitrogens with zero attached hydrogens (tertiary/aromatic N) is 1. The van der Waals surface area contributed by atoms with Crippen LogP contribution in [0.2, 0.25) is 5.02 Å². The van der Waals surface area contributed by atoms with E-state index in [0.29, 0.717) is 11.6 Å². The van der Waals surface area contributed by atoms with Crippen molar-refractivity contribution in [3.63, 3.8) is 0 Å². The van der Waals surface area contributed by atoms with Crippen LogP contribution in [0.3, 0.4) is 0 Å². The molecule has 0 aliphatic rings. The average molecular weight is 347 g/mol. The number of unbranched alkanes of at least 4 members (excludes halogenated alkanes) is 2. The maximum atomic E-state index is 12.5. The van der Waals surface area contributed by atoms with E-state index in [4.69, 9.17) is 11.6 Å². The zero-order chi connectivity index (χ0) is 16.6. The maximum absolute atomic E-state index is 12.5. The Morgan fingerprint density at radius 3 is 2.36 bits per heavy atom.